The van der Waals surface area contributed by atoms with E-state index in [2.05, 4.69) is 15.0 Å². The Morgan fingerprint density at radius 1 is 1.40 bits per heavy atom. The zero-order chi connectivity index (χ0) is 15.2. The number of nitrogens with zero attached hydrogens (tertiary/aromatic N) is 1. The fraction of sp³-hybridized carbons (Fsp3) is 0.500. The molecule has 1 rings (SSSR count). The quantitative estimate of drug-likeness (QED) is 0.662. The number of carboxylic acid groups (broad SMARTS) is 1. The van der Waals surface area contributed by atoms with Crippen LogP contribution in [0.5, 0.6) is 0 Å². The lowest BCUT2D eigenvalue weighted by molar-refractivity contribution is -0.139. The van der Waals surface area contributed by atoms with Crippen molar-refractivity contribution in [2.24, 2.45) is 0 Å². The number of carboxylic acids is 1. The smallest absolute Gasteiger partial charge is 0.321 e. The van der Waals surface area contributed by atoms with Crippen LogP contribution >= 0.6 is 0 Å². The van der Waals surface area contributed by atoms with Gasteiger partial charge in [0.2, 0.25) is 10.0 Å². The Labute approximate surface area is 118 Å². The van der Waals surface area contributed by atoms with Crippen LogP contribution in [0.1, 0.15) is 26.7 Å². The molecule has 0 fully saturated rings. The first-order valence-electron chi connectivity index (χ1n) is 6.34. The number of carbonyl (C=O) groups is 1. The van der Waals surface area contributed by atoms with Crippen molar-refractivity contribution >= 4 is 21.7 Å². The summed E-state index contributed by atoms with van der Waals surface area (Å²) >= 11 is 0. The minimum atomic E-state index is -3.90. The number of hydrogen-bond donors (Lipinski definition) is 3. The molecule has 0 saturated carbocycles. The van der Waals surface area contributed by atoms with Gasteiger partial charge in [-0.25, -0.2) is 8.42 Å². The molecule has 1 unspecified atom stereocenters. The van der Waals surface area contributed by atoms with Crippen LogP contribution in [0.3, 0.4) is 0 Å². The summed E-state index contributed by atoms with van der Waals surface area (Å²) in [5, 5.41) is 11.9. The molecule has 112 valence electrons. The van der Waals surface area contributed by atoms with Gasteiger partial charge in [0.05, 0.1) is 11.9 Å². The molecule has 0 saturated heterocycles. The van der Waals surface area contributed by atoms with Crippen molar-refractivity contribution in [1.29, 1.82) is 0 Å². The molecule has 0 radical (unpaired) electrons. The van der Waals surface area contributed by atoms with Gasteiger partial charge < -0.3 is 10.4 Å². The molecule has 7 nitrogen and oxygen atoms in total. The first-order valence-corrected chi connectivity index (χ1v) is 7.83. The van der Waals surface area contributed by atoms with Gasteiger partial charge in [0.25, 0.3) is 0 Å². The van der Waals surface area contributed by atoms with Gasteiger partial charge in [-0.2, -0.15) is 4.72 Å². The van der Waals surface area contributed by atoms with Crippen LogP contribution in [0, 0.1) is 0 Å². The van der Waals surface area contributed by atoms with Crippen molar-refractivity contribution in [1.82, 2.24) is 9.71 Å². The van der Waals surface area contributed by atoms with Crippen LogP contribution in [0.2, 0.25) is 0 Å². The Morgan fingerprint density at radius 3 is 2.65 bits per heavy atom. The zero-order valence-electron chi connectivity index (χ0n) is 11.5. The Morgan fingerprint density at radius 2 is 2.10 bits per heavy atom. The lowest BCUT2D eigenvalue weighted by Gasteiger charge is -2.14. The molecule has 0 aromatic carbocycles. The summed E-state index contributed by atoms with van der Waals surface area (Å²) in [6.45, 7) is 4.30. The second-order valence-electron chi connectivity index (χ2n) is 4.24. The lowest BCUT2D eigenvalue weighted by atomic mass is 10.2. The molecular formula is C12H19N3O4S. The topological polar surface area (TPSA) is 108 Å². The average Bonchev–Trinajstić information content (AvgIpc) is 2.38. The summed E-state index contributed by atoms with van der Waals surface area (Å²) in [6, 6.07) is 0.289. The van der Waals surface area contributed by atoms with Crippen LogP contribution in [0.15, 0.2) is 23.4 Å². The summed E-state index contributed by atoms with van der Waals surface area (Å²) in [5.41, 5.74) is 0.567. The SMILES string of the molecule is CCCC(NS(=O)(=O)c1cncc(NCC)c1)C(=O)O. The van der Waals surface area contributed by atoms with Gasteiger partial charge in [-0.1, -0.05) is 13.3 Å². The second kappa shape index (κ2) is 7.20. The summed E-state index contributed by atoms with van der Waals surface area (Å²) in [7, 11) is -3.90. The summed E-state index contributed by atoms with van der Waals surface area (Å²) < 4.78 is 26.5. The van der Waals surface area contributed by atoms with E-state index >= 15 is 0 Å². The van der Waals surface area contributed by atoms with Gasteiger partial charge in [0, 0.05) is 12.7 Å². The first-order chi connectivity index (χ1) is 9.40. The van der Waals surface area contributed by atoms with E-state index in [0.29, 0.717) is 18.7 Å². The number of nitrogens with one attached hydrogen (secondary N) is 2. The number of sulfonamides is 1. The predicted molar refractivity (Wildman–Crippen MR) is 75.1 cm³/mol. The molecule has 1 heterocycles. The number of hydrogen-bond acceptors (Lipinski definition) is 5. The first kappa shape index (κ1) is 16.4. The summed E-state index contributed by atoms with van der Waals surface area (Å²) in [5.74, 6) is -1.19. The van der Waals surface area contributed by atoms with Crippen LogP contribution < -0.4 is 10.0 Å². The molecule has 0 spiro atoms. The van der Waals surface area contributed by atoms with Crippen molar-refractivity contribution in [2.45, 2.75) is 37.6 Å². The number of pyridine rings is 1. The van der Waals surface area contributed by atoms with Crippen molar-refractivity contribution in [3.63, 3.8) is 0 Å². The fourth-order valence-corrected chi connectivity index (χ4v) is 2.85. The highest BCUT2D eigenvalue weighted by Crippen LogP contribution is 2.14. The number of aliphatic carboxylic acids is 1. The summed E-state index contributed by atoms with van der Waals surface area (Å²) in [6.07, 6.45) is 3.49. The van der Waals surface area contributed by atoms with Gasteiger partial charge in [-0.05, 0) is 19.4 Å². The van der Waals surface area contributed by atoms with Gasteiger partial charge >= 0.3 is 5.97 Å². The highest BCUT2D eigenvalue weighted by atomic mass is 32.2. The number of aromatic nitrogens is 1. The maximum Gasteiger partial charge on any atom is 0.321 e. The molecule has 20 heavy (non-hydrogen) atoms. The third-order valence-electron chi connectivity index (χ3n) is 2.58. The van der Waals surface area contributed by atoms with Gasteiger partial charge in [-0.3, -0.25) is 9.78 Å². The Hall–Kier alpha value is -1.67. The molecule has 1 aromatic heterocycles. The highest BCUT2D eigenvalue weighted by Gasteiger charge is 2.25. The molecule has 8 heteroatoms. The molecule has 3 N–H and O–H groups in total. The lowest BCUT2D eigenvalue weighted by Crippen LogP contribution is -2.40. The van der Waals surface area contributed by atoms with E-state index in [-0.39, 0.29) is 11.3 Å². The Kier molecular flexibility index (Phi) is 5.90. The minimum Gasteiger partial charge on any atom is -0.480 e. The van der Waals surface area contributed by atoms with Gasteiger partial charge in [0.15, 0.2) is 0 Å². The van der Waals surface area contributed by atoms with E-state index in [1.54, 1.807) is 6.92 Å². The van der Waals surface area contributed by atoms with Crippen LogP contribution in [0.4, 0.5) is 5.69 Å². The van der Waals surface area contributed by atoms with Crippen LogP contribution in [0.25, 0.3) is 0 Å². The van der Waals surface area contributed by atoms with Gasteiger partial charge in [-0.15, -0.1) is 0 Å². The maximum absolute atomic E-state index is 12.1. The molecular weight excluding hydrogens is 282 g/mol. The Balaban J connectivity index is 2.97. The van der Waals surface area contributed by atoms with E-state index in [0.717, 1.165) is 0 Å². The van der Waals surface area contributed by atoms with E-state index in [9.17, 15) is 13.2 Å². The largest absolute Gasteiger partial charge is 0.480 e. The molecule has 0 aliphatic rings. The maximum atomic E-state index is 12.1. The molecule has 1 aromatic rings. The molecule has 1 atom stereocenters. The van der Waals surface area contributed by atoms with Crippen molar-refractivity contribution < 1.29 is 18.3 Å². The molecule has 0 aliphatic heterocycles. The average molecular weight is 301 g/mol. The number of anilines is 1. The third-order valence-corrected chi connectivity index (χ3v) is 4.02. The zero-order valence-corrected chi connectivity index (χ0v) is 12.3. The minimum absolute atomic E-state index is 0.0571. The summed E-state index contributed by atoms with van der Waals surface area (Å²) in [4.78, 5) is 14.8. The van der Waals surface area contributed by atoms with Gasteiger partial charge in [0.1, 0.15) is 10.9 Å². The second-order valence-corrected chi connectivity index (χ2v) is 5.95. The van der Waals surface area contributed by atoms with E-state index in [1.165, 1.54) is 18.5 Å². The molecule has 0 amide bonds. The molecule has 0 aliphatic carbocycles. The normalized spacial score (nSPS) is 12.9. The number of rotatable bonds is 8. The fourth-order valence-electron chi connectivity index (χ4n) is 1.64. The van der Waals surface area contributed by atoms with E-state index < -0.39 is 22.0 Å². The molecule has 0 bridgehead atoms. The van der Waals surface area contributed by atoms with Crippen molar-refractivity contribution in [3.05, 3.63) is 18.5 Å². The standard InChI is InChI=1S/C12H19N3O4S/c1-3-5-11(12(16)17)15-20(18,19)10-6-9(14-4-2)7-13-8-10/h6-8,11,14-15H,3-5H2,1-2H3,(H,16,17). The van der Waals surface area contributed by atoms with E-state index in [1.807, 2.05) is 6.92 Å². The van der Waals surface area contributed by atoms with Crippen LogP contribution in [-0.4, -0.2) is 37.1 Å². The van der Waals surface area contributed by atoms with Crippen LogP contribution in [-0.2, 0) is 14.8 Å². The van der Waals surface area contributed by atoms with Crippen molar-refractivity contribution in [3.8, 4) is 0 Å². The third kappa shape index (κ3) is 4.46. The van der Waals surface area contributed by atoms with E-state index in [4.69, 9.17) is 5.11 Å². The predicted octanol–water partition coefficient (Wildman–Crippen LogP) is 1.04. The monoisotopic (exact) mass is 301 g/mol. The Bertz CT molecular complexity index is 560. The highest BCUT2D eigenvalue weighted by molar-refractivity contribution is 7.89. The van der Waals surface area contributed by atoms with Crippen molar-refractivity contribution in [2.75, 3.05) is 11.9 Å².